The van der Waals surface area contributed by atoms with Crippen molar-refractivity contribution in [1.82, 2.24) is 18.8 Å². The molecule has 1 aromatic carbocycles. The number of hydrogen-bond acceptors (Lipinski definition) is 5. The van der Waals surface area contributed by atoms with E-state index in [-0.39, 0.29) is 4.90 Å². The first-order valence-electron chi connectivity index (χ1n) is 9.03. The van der Waals surface area contributed by atoms with Gasteiger partial charge in [0.1, 0.15) is 5.65 Å². The number of aromatic nitrogens is 3. The van der Waals surface area contributed by atoms with Crippen LogP contribution in [-0.2, 0) is 10.0 Å². The summed E-state index contributed by atoms with van der Waals surface area (Å²) in [6.07, 6.45) is 8.57. The molecule has 0 saturated carbocycles. The molecule has 0 atom stereocenters. The summed E-state index contributed by atoms with van der Waals surface area (Å²) in [7, 11) is -2.44. The fourth-order valence-corrected chi connectivity index (χ4v) is 4.30. The first-order valence-corrected chi connectivity index (χ1v) is 10.8. The fraction of sp³-hybridized carbons (Fsp3) is 0.0952. The largest absolute Gasteiger partial charge is 0.298 e. The maximum atomic E-state index is 12.7. The van der Waals surface area contributed by atoms with Crippen LogP contribution in [0.15, 0.2) is 77.2 Å². The van der Waals surface area contributed by atoms with Gasteiger partial charge in [-0.1, -0.05) is 23.7 Å². The lowest BCUT2D eigenvalue weighted by molar-refractivity contribution is 0.491. The van der Waals surface area contributed by atoms with E-state index in [2.05, 4.69) is 15.1 Å². The first-order chi connectivity index (χ1) is 14.4. The number of halogens is 1. The molecule has 3 heterocycles. The van der Waals surface area contributed by atoms with E-state index in [1.54, 1.807) is 30.7 Å². The van der Waals surface area contributed by atoms with Crippen LogP contribution < -0.4 is 0 Å². The maximum absolute atomic E-state index is 12.7. The maximum Gasteiger partial charge on any atom is 0.278 e. The molecule has 30 heavy (non-hydrogen) atoms. The summed E-state index contributed by atoms with van der Waals surface area (Å²) in [5.74, 6) is 0. The van der Waals surface area contributed by atoms with Crippen LogP contribution in [0.3, 0.4) is 0 Å². The van der Waals surface area contributed by atoms with Gasteiger partial charge in [-0.3, -0.25) is 9.38 Å². The summed E-state index contributed by atoms with van der Waals surface area (Å²) >= 11 is 5.92. The Morgan fingerprint density at radius 3 is 2.73 bits per heavy atom. The van der Waals surface area contributed by atoms with Crippen molar-refractivity contribution in [3.8, 4) is 11.1 Å². The molecule has 0 saturated heterocycles. The highest BCUT2D eigenvalue weighted by molar-refractivity contribution is 7.89. The van der Waals surface area contributed by atoms with E-state index in [0.717, 1.165) is 26.8 Å². The zero-order valence-corrected chi connectivity index (χ0v) is 17.8. The van der Waals surface area contributed by atoms with Crippen LogP contribution >= 0.6 is 11.6 Å². The monoisotopic (exact) mass is 439 g/mol. The second kappa shape index (κ2) is 7.89. The summed E-state index contributed by atoms with van der Waals surface area (Å²) in [5, 5.41) is 4.46. The van der Waals surface area contributed by atoms with Crippen molar-refractivity contribution in [2.24, 2.45) is 5.10 Å². The topological polar surface area (TPSA) is 79.9 Å². The van der Waals surface area contributed by atoms with E-state index in [1.165, 1.54) is 25.4 Å². The number of aryl methyl sites for hydroxylation is 1. The van der Waals surface area contributed by atoms with Crippen LogP contribution in [0.4, 0.5) is 0 Å². The van der Waals surface area contributed by atoms with Gasteiger partial charge in [0.25, 0.3) is 10.0 Å². The predicted molar refractivity (Wildman–Crippen MR) is 117 cm³/mol. The molecule has 4 rings (SSSR count). The van der Waals surface area contributed by atoms with Crippen molar-refractivity contribution in [1.29, 1.82) is 0 Å². The van der Waals surface area contributed by atoms with E-state index in [9.17, 15) is 8.42 Å². The summed E-state index contributed by atoms with van der Waals surface area (Å²) in [5.41, 5.74) is 4.42. The second-order valence-electron chi connectivity index (χ2n) is 6.66. The lowest BCUT2D eigenvalue weighted by Crippen LogP contribution is -2.22. The Bertz CT molecular complexity index is 1350. The van der Waals surface area contributed by atoms with Crippen molar-refractivity contribution in [3.05, 3.63) is 83.5 Å². The van der Waals surface area contributed by atoms with Crippen molar-refractivity contribution in [2.75, 3.05) is 7.05 Å². The van der Waals surface area contributed by atoms with Gasteiger partial charge in [0.05, 0.1) is 23.0 Å². The molecule has 3 aromatic heterocycles. The zero-order valence-electron chi connectivity index (χ0n) is 16.3. The SMILES string of the molecule is Cc1cc2ncc(C=NN(C)S(=O)(=O)c3cccc(Cl)c3)n2cc1-c1cccnc1. The molecule has 0 spiro atoms. The number of nitrogens with zero attached hydrogens (tertiary/aromatic N) is 5. The molecule has 0 unspecified atom stereocenters. The van der Waals surface area contributed by atoms with Gasteiger partial charge in [0, 0.05) is 41.8 Å². The Balaban J connectivity index is 1.69. The van der Waals surface area contributed by atoms with Crippen molar-refractivity contribution in [3.63, 3.8) is 0 Å². The lowest BCUT2D eigenvalue weighted by Gasteiger charge is -2.13. The van der Waals surface area contributed by atoms with Crippen LogP contribution in [0.1, 0.15) is 11.3 Å². The molecule has 0 radical (unpaired) electrons. The van der Waals surface area contributed by atoms with Crippen molar-refractivity contribution in [2.45, 2.75) is 11.8 Å². The molecule has 0 aliphatic rings. The standard InChI is InChI=1S/C21H18ClN5O2S/c1-15-9-21-24-12-18(27(21)14-20(15)16-5-4-8-23-11-16)13-25-26(2)30(28,29)19-7-3-6-17(22)10-19/h3-14H,1-2H3. The van der Waals surface area contributed by atoms with Crippen LogP contribution in [0.2, 0.25) is 5.02 Å². The smallest absolute Gasteiger partial charge is 0.278 e. The van der Waals surface area contributed by atoms with Gasteiger partial charge >= 0.3 is 0 Å². The number of sulfonamides is 1. The summed E-state index contributed by atoms with van der Waals surface area (Å²) in [4.78, 5) is 8.65. The molecule has 152 valence electrons. The highest BCUT2D eigenvalue weighted by atomic mass is 35.5. The van der Waals surface area contributed by atoms with E-state index in [0.29, 0.717) is 10.7 Å². The minimum absolute atomic E-state index is 0.0716. The molecule has 4 aromatic rings. The van der Waals surface area contributed by atoms with Gasteiger partial charge in [-0.25, -0.2) is 4.98 Å². The minimum Gasteiger partial charge on any atom is -0.298 e. The fourth-order valence-electron chi connectivity index (χ4n) is 3.04. The highest BCUT2D eigenvalue weighted by Gasteiger charge is 2.19. The van der Waals surface area contributed by atoms with Crippen LogP contribution in [-0.4, -0.2) is 40.5 Å². The Labute approximate surface area is 179 Å². The number of benzene rings is 1. The second-order valence-corrected chi connectivity index (χ2v) is 9.05. The molecule has 0 fully saturated rings. The first kappa shape index (κ1) is 20.1. The highest BCUT2D eigenvalue weighted by Crippen LogP contribution is 2.24. The molecular formula is C21H18ClN5O2S. The third kappa shape index (κ3) is 3.79. The van der Waals surface area contributed by atoms with Gasteiger partial charge < -0.3 is 0 Å². The third-order valence-electron chi connectivity index (χ3n) is 4.65. The lowest BCUT2D eigenvalue weighted by atomic mass is 10.1. The normalized spacial score (nSPS) is 12.0. The average Bonchev–Trinajstić information content (AvgIpc) is 3.13. The Morgan fingerprint density at radius 2 is 2.00 bits per heavy atom. The van der Waals surface area contributed by atoms with E-state index in [1.807, 2.05) is 35.7 Å². The van der Waals surface area contributed by atoms with Crippen molar-refractivity contribution < 1.29 is 8.42 Å². The van der Waals surface area contributed by atoms with E-state index >= 15 is 0 Å². The Morgan fingerprint density at radius 1 is 1.17 bits per heavy atom. The number of pyridine rings is 2. The molecule has 0 amide bonds. The van der Waals surface area contributed by atoms with Crippen LogP contribution in [0.25, 0.3) is 16.8 Å². The minimum atomic E-state index is -3.81. The molecule has 0 N–H and O–H groups in total. The summed E-state index contributed by atoms with van der Waals surface area (Å²) in [6, 6.07) is 11.9. The van der Waals surface area contributed by atoms with Gasteiger partial charge in [-0.15, -0.1) is 0 Å². The molecule has 0 bridgehead atoms. The van der Waals surface area contributed by atoms with Crippen molar-refractivity contribution >= 4 is 33.5 Å². The van der Waals surface area contributed by atoms with Gasteiger partial charge in [0.15, 0.2) is 0 Å². The summed E-state index contributed by atoms with van der Waals surface area (Å²) < 4.78 is 28.2. The molecule has 0 aliphatic heterocycles. The Hall–Kier alpha value is -3.23. The quantitative estimate of drug-likeness (QED) is 0.347. The molecular weight excluding hydrogens is 422 g/mol. The van der Waals surface area contributed by atoms with Gasteiger partial charge in [-0.2, -0.15) is 17.9 Å². The van der Waals surface area contributed by atoms with Crippen LogP contribution in [0.5, 0.6) is 0 Å². The molecule has 7 nitrogen and oxygen atoms in total. The number of fused-ring (bicyclic) bond motifs is 1. The Kier molecular flexibility index (Phi) is 5.27. The van der Waals surface area contributed by atoms with Gasteiger partial charge in [-0.05, 0) is 42.8 Å². The summed E-state index contributed by atoms with van der Waals surface area (Å²) in [6.45, 7) is 2.01. The van der Waals surface area contributed by atoms with Gasteiger partial charge in [0.2, 0.25) is 0 Å². The molecule has 9 heteroatoms. The third-order valence-corrected chi connectivity index (χ3v) is 6.52. The zero-order chi connectivity index (χ0) is 21.3. The number of rotatable bonds is 5. The van der Waals surface area contributed by atoms with Crippen LogP contribution in [0, 0.1) is 6.92 Å². The van der Waals surface area contributed by atoms with E-state index < -0.39 is 10.0 Å². The molecule has 0 aliphatic carbocycles. The number of hydrogen-bond donors (Lipinski definition) is 0. The number of hydrazone groups is 1. The predicted octanol–water partition coefficient (Wildman–Crippen LogP) is 4.01. The average molecular weight is 440 g/mol. The van der Waals surface area contributed by atoms with E-state index in [4.69, 9.17) is 11.6 Å². The number of imidazole rings is 1.